The Kier molecular flexibility index (Phi) is 11.3. The van der Waals surface area contributed by atoms with Crippen molar-refractivity contribution < 1.29 is 19.1 Å². The van der Waals surface area contributed by atoms with Crippen molar-refractivity contribution in [3.63, 3.8) is 0 Å². The van der Waals surface area contributed by atoms with Gasteiger partial charge in [0.2, 0.25) is 0 Å². The molecule has 5 heteroatoms. The maximum absolute atomic E-state index is 12.4. The van der Waals surface area contributed by atoms with Gasteiger partial charge in [0.25, 0.3) is 0 Å². The molecule has 1 atom stereocenters. The fraction of sp³-hybridized carbons (Fsp3) is 0.895. The van der Waals surface area contributed by atoms with Gasteiger partial charge in [-0.3, -0.25) is 0 Å². The lowest BCUT2D eigenvalue weighted by Gasteiger charge is -2.29. The third kappa shape index (κ3) is 8.55. The molecule has 0 radical (unpaired) electrons. The smallest absolute Gasteiger partial charge is 0.407 e. The summed E-state index contributed by atoms with van der Waals surface area (Å²) in [6.07, 6.45) is 11.8. The van der Waals surface area contributed by atoms with Crippen LogP contribution in [-0.4, -0.2) is 31.3 Å². The molecule has 24 heavy (non-hydrogen) atoms. The molecular formula is C19H35NO4. The molecule has 0 aromatic rings. The predicted octanol–water partition coefficient (Wildman–Crippen LogP) is 4.59. The molecular weight excluding hydrogens is 306 g/mol. The fourth-order valence-corrected chi connectivity index (χ4v) is 3.28. The number of carbonyl (C=O) groups excluding carboxylic acids is 2. The highest BCUT2D eigenvalue weighted by Crippen LogP contribution is 2.27. The summed E-state index contributed by atoms with van der Waals surface area (Å²) in [5.74, 6) is -0.135. The summed E-state index contributed by atoms with van der Waals surface area (Å²) in [5, 5.41) is 2.72. The van der Waals surface area contributed by atoms with Gasteiger partial charge in [0, 0.05) is 0 Å². The van der Waals surface area contributed by atoms with Gasteiger partial charge in [0.05, 0.1) is 13.2 Å². The van der Waals surface area contributed by atoms with Gasteiger partial charge in [-0.1, -0.05) is 58.3 Å². The first-order valence-electron chi connectivity index (χ1n) is 9.79. The Morgan fingerprint density at radius 3 is 2.29 bits per heavy atom. The van der Waals surface area contributed by atoms with Crippen molar-refractivity contribution in [1.82, 2.24) is 5.32 Å². The van der Waals surface area contributed by atoms with Crippen molar-refractivity contribution in [1.29, 1.82) is 0 Å². The minimum Gasteiger partial charge on any atom is -0.464 e. The minimum absolute atomic E-state index is 0.167. The van der Waals surface area contributed by atoms with Crippen molar-refractivity contribution in [3.05, 3.63) is 0 Å². The van der Waals surface area contributed by atoms with Gasteiger partial charge in [0.1, 0.15) is 6.04 Å². The maximum Gasteiger partial charge on any atom is 0.407 e. The van der Waals surface area contributed by atoms with E-state index in [0.717, 1.165) is 38.5 Å². The second kappa shape index (κ2) is 13.1. The van der Waals surface area contributed by atoms with E-state index in [1.807, 2.05) is 0 Å². The van der Waals surface area contributed by atoms with E-state index in [0.29, 0.717) is 13.2 Å². The molecule has 5 nitrogen and oxygen atoms in total. The van der Waals surface area contributed by atoms with Crippen LogP contribution in [0.1, 0.15) is 84.5 Å². The van der Waals surface area contributed by atoms with Gasteiger partial charge in [-0.2, -0.15) is 0 Å². The van der Waals surface area contributed by atoms with Crippen LogP contribution < -0.4 is 5.32 Å². The molecule has 0 aromatic heterocycles. The van der Waals surface area contributed by atoms with E-state index in [1.54, 1.807) is 6.92 Å². The zero-order chi connectivity index (χ0) is 17.6. The Balaban J connectivity index is 2.37. The topological polar surface area (TPSA) is 64.6 Å². The van der Waals surface area contributed by atoms with Crippen LogP contribution in [0.3, 0.4) is 0 Å². The van der Waals surface area contributed by atoms with E-state index in [4.69, 9.17) is 9.47 Å². The highest BCUT2D eigenvalue weighted by molar-refractivity contribution is 5.81. The Morgan fingerprint density at radius 2 is 1.62 bits per heavy atom. The van der Waals surface area contributed by atoms with Crippen molar-refractivity contribution in [2.45, 2.75) is 90.5 Å². The molecule has 1 saturated carbocycles. The lowest BCUT2D eigenvalue weighted by molar-refractivity contribution is -0.148. The van der Waals surface area contributed by atoms with Crippen LogP contribution in [0.25, 0.3) is 0 Å². The molecule has 1 aliphatic rings. The normalized spacial score (nSPS) is 16.4. The van der Waals surface area contributed by atoms with Crippen LogP contribution in [0.15, 0.2) is 0 Å². The Hall–Kier alpha value is -1.26. The van der Waals surface area contributed by atoms with E-state index >= 15 is 0 Å². The molecule has 0 spiro atoms. The van der Waals surface area contributed by atoms with Crippen LogP contribution in [0.4, 0.5) is 4.79 Å². The van der Waals surface area contributed by atoms with Gasteiger partial charge in [-0.05, 0) is 32.1 Å². The van der Waals surface area contributed by atoms with Crippen LogP contribution in [-0.2, 0) is 14.3 Å². The molecule has 0 aromatic carbocycles. The fourth-order valence-electron chi connectivity index (χ4n) is 3.28. The second-order valence-corrected chi connectivity index (χ2v) is 6.68. The van der Waals surface area contributed by atoms with Gasteiger partial charge in [-0.25, -0.2) is 9.59 Å². The molecule has 1 N–H and O–H groups in total. The molecule has 0 aliphatic heterocycles. The lowest BCUT2D eigenvalue weighted by atomic mass is 9.84. The second-order valence-electron chi connectivity index (χ2n) is 6.68. The molecule has 1 unspecified atom stereocenters. The first-order chi connectivity index (χ1) is 11.7. The molecule has 0 saturated heterocycles. The molecule has 0 bridgehead atoms. The lowest BCUT2D eigenvalue weighted by Crippen LogP contribution is -2.47. The standard InChI is InChI=1S/C19H35NO4/c1-3-5-6-7-8-12-15-24-18(21)17(20-19(22)23-4-2)16-13-10-9-11-14-16/h16-17H,3-15H2,1-2H3,(H,20,22). The SMILES string of the molecule is CCCCCCCCOC(=O)C(NC(=O)OCC)C1CCCCC1. The van der Waals surface area contributed by atoms with Crippen molar-refractivity contribution in [3.8, 4) is 0 Å². The quantitative estimate of drug-likeness (QED) is 0.441. The van der Waals surface area contributed by atoms with Gasteiger partial charge in [-0.15, -0.1) is 0 Å². The monoisotopic (exact) mass is 341 g/mol. The molecule has 1 fully saturated rings. The van der Waals surface area contributed by atoms with Crippen molar-refractivity contribution in [2.24, 2.45) is 5.92 Å². The van der Waals surface area contributed by atoms with Gasteiger partial charge >= 0.3 is 12.1 Å². The number of esters is 1. The van der Waals surface area contributed by atoms with E-state index in [1.165, 1.54) is 32.1 Å². The number of nitrogens with one attached hydrogen (secondary N) is 1. The predicted molar refractivity (Wildman–Crippen MR) is 94.9 cm³/mol. The Morgan fingerprint density at radius 1 is 0.958 bits per heavy atom. The van der Waals surface area contributed by atoms with Crippen LogP contribution >= 0.6 is 0 Å². The average Bonchev–Trinajstić information content (AvgIpc) is 2.59. The van der Waals surface area contributed by atoms with Crippen LogP contribution in [0.2, 0.25) is 0 Å². The third-order valence-corrected chi connectivity index (χ3v) is 4.67. The summed E-state index contributed by atoms with van der Waals surface area (Å²) in [5.41, 5.74) is 0. The molecule has 1 rings (SSSR count). The number of hydrogen-bond acceptors (Lipinski definition) is 4. The molecule has 140 valence electrons. The number of rotatable bonds is 11. The largest absolute Gasteiger partial charge is 0.464 e. The van der Waals surface area contributed by atoms with E-state index in [-0.39, 0.29) is 11.9 Å². The van der Waals surface area contributed by atoms with Crippen LogP contribution in [0.5, 0.6) is 0 Å². The van der Waals surface area contributed by atoms with E-state index in [9.17, 15) is 9.59 Å². The van der Waals surface area contributed by atoms with E-state index in [2.05, 4.69) is 12.2 Å². The summed E-state index contributed by atoms with van der Waals surface area (Å²) >= 11 is 0. The number of amides is 1. The molecule has 1 amide bonds. The number of ether oxygens (including phenoxy) is 2. The number of hydrogen-bond donors (Lipinski definition) is 1. The summed E-state index contributed by atoms with van der Waals surface area (Å²) in [7, 11) is 0. The summed E-state index contributed by atoms with van der Waals surface area (Å²) in [6.45, 7) is 4.70. The first kappa shape index (κ1) is 20.8. The third-order valence-electron chi connectivity index (χ3n) is 4.67. The van der Waals surface area contributed by atoms with Crippen molar-refractivity contribution in [2.75, 3.05) is 13.2 Å². The van der Waals surface area contributed by atoms with E-state index < -0.39 is 12.1 Å². The number of unbranched alkanes of at least 4 members (excludes halogenated alkanes) is 5. The Bertz CT molecular complexity index is 353. The molecule has 0 heterocycles. The zero-order valence-electron chi connectivity index (χ0n) is 15.5. The van der Waals surface area contributed by atoms with Crippen LogP contribution in [0, 0.1) is 5.92 Å². The number of carbonyl (C=O) groups is 2. The van der Waals surface area contributed by atoms with Gasteiger partial charge < -0.3 is 14.8 Å². The summed E-state index contributed by atoms with van der Waals surface area (Å²) in [6, 6.07) is -0.565. The zero-order valence-corrected chi connectivity index (χ0v) is 15.5. The summed E-state index contributed by atoms with van der Waals surface area (Å²) in [4.78, 5) is 24.2. The highest BCUT2D eigenvalue weighted by atomic mass is 16.6. The summed E-state index contributed by atoms with van der Waals surface area (Å²) < 4.78 is 10.4. The average molecular weight is 341 g/mol. The highest BCUT2D eigenvalue weighted by Gasteiger charge is 2.32. The molecule has 1 aliphatic carbocycles. The number of alkyl carbamates (subject to hydrolysis) is 1. The van der Waals surface area contributed by atoms with Gasteiger partial charge in [0.15, 0.2) is 0 Å². The maximum atomic E-state index is 12.4. The minimum atomic E-state index is -0.565. The van der Waals surface area contributed by atoms with Crippen molar-refractivity contribution >= 4 is 12.1 Å². The Labute approximate surface area is 146 Å². The first-order valence-corrected chi connectivity index (χ1v) is 9.79.